The lowest BCUT2D eigenvalue weighted by molar-refractivity contribution is -0.134. The molecule has 0 radical (unpaired) electrons. The molecule has 10 heteroatoms. The molecule has 1 aromatic rings. The van der Waals surface area contributed by atoms with Crippen molar-refractivity contribution in [3.05, 3.63) is 23.0 Å². The molecular formula is C14H12F7NO2. The smallest absolute Gasteiger partial charge is 0.317 e. The molecule has 2 aliphatic carbocycles. The van der Waals surface area contributed by atoms with Gasteiger partial charge in [0.2, 0.25) is 0 Å². The maximum Gasteiger partial charge on any atom is 0.317 e. The maximum atomic E-state index is 14.1. The van der Waals surface area contributed by atoms with Crippen LogP contribution in [0.1, 0.15) is 41.9 Å². The van der Waals surface area contributed by atoms with Gasteiger partial charge in [-0.1, -0.05) is 0 Å². The van der Waals surface area contributed by atoms with Gasteiger partial charge in [-0.3, -0.25) is 4.98 Å². The van der Waals surface area contributed by atoms with Crippen LogP contribution < -0.4 is 4.74 Å². The van der Waals surface area contributed by atoms with Crippen molar-refractivity contribution in [2.75, 3.05) is 6.67 Å². The molecule has 1 N–H and O–H groups in total. The average Bonchev–Trinajstić information content (AvgIpc) is 2.71. The lowest BCUT2D eigenvalue weighted by Gasteiger charge is -2.35. The predicted molar refractivity (Wildman–Crippen MR) is 66.4 cm³/mol. The van der Waals surface area contributed by atoms with Crippen molar-refractivity contribution in [3.8, 4) is 5.75 Å². The molecule has 134 valence electrons. The fraction of sp³-hybridized carbons (Fsp3) is 0.643. The third-order valence-corrected chi connectivity index (χ3v) is 4.13. The molecule has 0 bridgehead atoms. The van der Waals surface area contributed by atoms with Gasteiger partial charge in [0.15, 0.2) is 19.0 Å². The number of halogens is 7. The molecule has 3 rings (SSSR count). The topological polar surface area (TPSA) is 42.4 Å². The molecule has 0 amide bonds. The van der Waals surface area contributed by atoms with E-state index in [-0.39, 0.29) is 0 Å². The fourth-order valence-electron chi connectivity index (χ4n) is 2.90. The SMILES string of the molecule is O[C@H]1c2c(C(F)(F)CF)ncc(OC3CC(F)(F)C3)c2[C@@H](F)[C@H]1F. The lowest BCUT2D eigenvalue weighted by atomic mass is 9.91. The van der Waals surface area contributed by atoms with Crippen molar-refractivity contribution in [1.29, 1.82) is 0 Å². The van der Waals surface area contributed by atoms with Crippen molar-refractivity contribution in [2.24, 2.45) is 0 Å². The molecule has 0 aliphatic heterocycles. The third-order valence-electron chi connectivity index (χ3n) is 4.13. The molecule has 1 heterocycles. The minimum absolute atomic E-state index is 0.504. The second-order valence-electron chi connectivity index (χ2n) is 5.93. The lowest BCUT2D eigenvalue weighted by Crippen LogP contribution is -2.43. The summed E-state index contributed by atoms with van der Waals surface area (Å²) in [7, 11) is 0. The first-order valence-electron chi connectivity index (χ1n) is 7.05. The van der Waals surface area contributed by atoms with E-state index >= 15 is 0 Å². The second kappa shape index (κ2) is 5.47. The van der Waals surface area contributed by atoms with E-state index in [4.69, 9.17) is 4.74 Å². The molecule has 3 nitrogen and oxygen atoms in total. The molecule has 2 aliphatic rings. The summed E-state index contributed by atoms with van der Waals surface area (Å²) in [4.78, 5) is 3.26. The van der Waals surface area contributed by atoms with E-state index in [0.29, 0.717) is 6.20 Å². The van der Waals surface area contributed by atoms with E-state index in [9.17, 15) is 35.8 Å². The maximum absolute atomic E-state index is 14.1. The van der Waals surface area contributed by atoms with Gasteiger partial charge in [0.05, 0.1) is 6.20 Å². The number of aromatic nitrogens is 1. The largest absolute Gasteiger partial charge is 0.488 e. The summed E-state index contributed by atoms with van der Waals surface area (Å²) in [6, 6.07) is 0. The first-order valence-corrected chi connectivity index (χ1v) is 7.05. The number of pyridine rings is 1. The van der Waals surface area contributed by atoms with Crippen molar-refractivity contribution < 1.29 is 40.6 Å². The Balaban J connectivity index is 2.01. The number of nitrogens with zero attached hydrogens (tertiary/aromatic N) is 1. The summed E-state index contributed by atoms with van der Waals surface area (Å²) < 4.78 is 98.3. The van der Waals surface area contributed by atoms with Crippen molar-refractivity contribution in [3.63, 3.8) is 0 Å². The first kappa shape index (κ1) is 17.2. The summed E-state index contributed by atoms with van der Waals surface area (Å²) in [5.41, 5.74) is -2.91. The number of hydrogen-bond acceptors (Lipinski definition) is 3. The Kier molecular flexibility index (Phi) is 3.93. The van der Waals surface area contributed by atoms with Crippen LogP contribution in [0.5, 0.6) is 5.75 Å². The zero-order chi connectivity index (χ0) is 17.9. The number of rotatable bonds is 4. The van der Waals surface area contributed by atoms with Gasteiger partial charge in [-0.05, 0) is 0 Å². The van der Waals surface area contributed by atoms with Crippen molar-refractivity contribution in [2.45, 2.75) is 49.2 Å². The highest BCUT2D eigenvalue weighted by molar-refractivity contribution is 5.50. The normalized spacial score (nSPS) is 29.2. The van der Waals surface area contributed by atoms with Crippen LogP contribution >= 0.6 is 0 Å². The average molecular weight is 359 g/mol. The minimum atomic E-state index is -4.16. The van der Waals surface area contributed by atoms with Gasteiger partial charge in [0, 0.05) is 24.0 Å². The van der Waals surface area contributed by atoms with Gasteiger partial charge in [0.25, 0.3) is 5.92 Å². The molecule has 0 aromatic carbocycles. The van der Waals surface area contributed by atoms with Gasteiger partial charge in [-0.15, -0.1) is 0 Å². The summed E-state index contributed by atoms with van der Waals surface area (Å²) in [5, 5.41) is 9.69. The van der Waals surface area contributed by atoms with E-state index in [2.05, 4.69) is 4.98 Å². The van der Waals surface area contributed by atoms with E-state index < -0.39 is 78.5 Å². The number of aliphatic hydroxyl groups excluding tert-OH is 1. The molecule has 0 saturated heterocycles. The molecule has 0 unspecified atom stereocenters. The Bertz CT molecular complexity index is 646. The zero-order valence-corrected chi connectivity index (χ0v) is 12.0. The third kappa shape index (κ3) is 2.60. The summed E-state index contributed by atoms with van der Waals surface area (Å²) in [6.07, 6.45) is -9.08. The van der Waals surface area contributed by atoms with Gasteiger partial charge in [0.1, 0.15) is 23.7 Å². The highest BCUT2D eigenvalue weighted by Crippen LogP contribution is 2.52. The highest BCUT2D eigenvalue weighted by Gasteiger charge is 2.51. The number of aliphatic hydroxyl groups is 1. The number of ether oxygens (including phenoxy) is 1. The van der Waals surface area contributed by atoms with Crippen LogP contribution in [0.15, 0.2) is 6.20 Å². The van der Waals surface area contributed by atoms with E-state index in [0.717, 1.165) is 0 Å². The molecule has 1 aromatic heterocycles. The minimum Gasteiger partial charge on any atom is -0.488 e. The Labute approximate surface area is 131 Å². The van der Waals surface area contributed by atoms with Gasteiger partial charge < -0.3 is 9.84 Å². The van der Waals surface area contributed by atoms with Crippen LogP contribution in [0.25, 0.3) is 0 Å². The van der Waals surface area contributed by atoms with Crippen LogP contribution in [0.2, 0.25) is 0 Å². The number of alkyl halides is 7. The fourth-order valence-corrected chi connectivity index (χ4v) is 2.90. The Morgan fingerprint density at radius 1 is 1.25 bits per heavy atom. The molecule has 1 fully saturated rings. The molecular weight excluding hydrogens is 347 g/mol. The van der Waals surface area contributed by atoms with Crippen LogP contribution in [-0.2, 0) is 5.92 Å². The quantitative estimate of drug-likeness (QED) is 0.834. The van der Waals surface area contributed by atoms with Gasteiger partial charge >= 0.3 is 5.92 Å². The second-order valence-corrected chi connectivity index (χ2v) is 5.93. The number of hydrogen-bond donors (Lipinski definition) is 1. The monoisotopic (exact) mass is 359 g/mol. The molecule has 24 heavy (non-hydrogen) atoms. The first-order chi connectivity index (χ1) is 11.1. The highest BCUT2D eigenvalue weighted by atomic mass is 19.3. The van der Waals surface area contributed by atoms with Gasteiger partial charge in [-0.25, -0.2) is 22.0 Å². The zero-order valence-electron chi connectivity index (χ0n) is 12.0. The van der Waals surface area contributed by atoms with Crippen LogP contribution in [0, 0.1) is 0 Å². The Hall–Kier alpha value is -1.58. The summed E-state index contributed by atoms with van der Waals surface area (Å²) in [5.74, 6) is -7.60. The molecule has 1 saturated carbocycles. The van der Waals surface area contributed by atoms with Crippen molar-refractivity contribution in [1.82, 2.24) is 4.98 Å². The Morgan fingerprint density at radius 2 is 1.88 bits per heavy atom. The van der Waals surface area contributed by atoms with E-state index in [1.54, 1.807) is 0 Å². The molecule has 3 atom stereocenters. The van der Waals surface area contributed by atoms with E-state index in [1.807, 2.05) is 0 Å². The standard InChI is InChI=1S/C14H12F7NO2/c15-4-14(20,21)12-8-7(9(16)10(17)11(8)23)6(3-22-12)24-5-1-13(18,19)2-5/h3,5,9-11,23H,1-2,4H2/t9-,10-,11+/m1/s1. The predicted octanol–water partition coefficient (Wildman–Crippen LogP) is 3.72. The van der Waals surface area contributed by atoms with Gasteiger partial charge in [-0.2, -0.15) is 8.78 Å². The Morgan fingerprint density at radius 3 is 2.42 bits per heavy atom. The van der Waals surface area contributed by atoms with Crippen molar-refractivity contribution >= 4 is 0 Å². The molecule has 0 spiro atoms. The summed E-state index contributed by atoms with van der Waals surface area (Å²) in [6.45, 7) is -2.18. The summed E-state index contributed by atoms with van der Waals surface area (Å²) >= 11 is 0. The van der Waals surface area contributed by atoms with Crippen LogP contribution in [-0.4, -0.2) is 35.0 Å². The number of fused-ring (bicyclic) bond motifs is 1. The van der Waals surface area contributed by atoms with Crippen LogP contribution in [0.4, 0.5) is 30.7 Å². The van der Waals surface area contributed by atoms with Crippen LogP contribution in [0.3, 0.4) is 0 Å². The van der Waals surface area contributed by atoms with E-state index in [1.165, 1.54) is 0 Å².